The Balaban J connectivity index is -0.000000184. The van der Waals surface area contributed by atoms with Crippen LogP contribution in [0.1, 0.15) is 0 Å². The number of carboxylic acids is 9. The second kappa shape index (κ2) is 52.5. The summed E-state index contributed by atoms with van der Waals surface area (Å²) in [6.07, 6.45) is -12.7. The summed E-state index contributed by atoms with van der Waals surface area (Å²) in [5, 5.41) is 148. The smallest absolute Gasteiger partial charge is 0.475 e. The molecule has 0 bridgehead atoms. The van der Waals surface area contributed by atoms with Crippen LogP contribution < -0.4 is 0 Å². The number of aliphatic carboxylic acids is 9. The lowest BCUT2D eigenvalue weighted by molar-refractivity contribution is -0.383. The summed E-state index contributed by atoms with van der Waals surface area (Å²) in [7, 11) is -42.8. The second-order valence-corrected chi connectivity index (χ2v) is 27.8. The van der Waals surface area contributed by atoms with Crippen molar-refractivity contribution in [3.05, 3.63) is 111 Å². The summed E-state index contributed by atoms with van der Waals surface area (Å²) in [4.78, 5) is 232. The monoisotopic (exact) mass is 1850 g/mol. The Kier molecular flexibility index (Phi) is 56.1. The van der Waals surface area contributed by atoms with Crippen LogP contribution >= 0.6 is 70.4 Å². The van der Waals surface area contributed by atoms with Crippen molar-refractivity contribution >= 4 is 124 Å². The highest BCUT2D eigenvalue weighted by molar-refractivity contribution is 7.48. The maximum atomic E-state index is 10.00. The average Bonchev–Trinajstić information content (AvgIpc) is 1.64. The topological polar surface area (TPSA) is 1130 Å². The van der Waals surface area contributed by atoms with E-state index in [-0.39, 0.29) is 0 Å². The van der Waals surface area contributed by atoms with Gasteiger partial charge >= 0.3 is 124 Å². The molecule has 113 heavy (non-hydrogen) atoms. The average molecular weight is 1850 g/mol. The Morgan fingerprint density at radius 2 is 0.434 bits per heavy atom. The van der Waals surface area contributed by atoms with Gasteiger partial charge in [0.25, 0.3) is 0 Å². The first-order chi connectivity index (χ1) is 49.8. The standard InChI is InChI=1S/C12H22O11.9C3H5O6P/c13-1-4-6(16)8(18)9(19)11(21-4)23-12(3-15)10(20)7(17)5(2-14)22-12;9*1-2(3(4)5)9-10(6,7)8/h4-11,13-20H,1-3H2;9*1H2,(H,4,5)(H2,6,7,8)/t4-,5-,6-,7-,8+,9-,10+,11-,12+;;;;;;;;;/m1........./s1. The van der Waals surface area contributed by atoms with Crippen LogP contribution in [-0.4, -0.2) is 303 Å². The number of carboxylic acid groups (broad SMARTS) is 9. The number of ether oxygens (including phenoxy) is 3. The highest BCUT2D eigenvalue weighted by Crippen LogP contribution is 2.44. The maximum Gasteiger partial charge on any atom is 0.525 e. The molecule has 65 nitrogen and oxygen atoms in total. The molecule has 0 unspecified atom stereocenters. The van der Waals surface area contributed by atoms with E-state index < -0.39 is 251 Å². The maximum absolute atomic E-state index is 10.00. The summed E-state index contributed by atoms with van der Waals surface area (Å²) in [6, 6.07) is 0. The summed E-state index contributed by atoms with van der Waals surface area (Å²) < 4.78 is 137. The quantitative estimate of drug-likeness (QED) is 0.0169. The Labute approximate surface area is 622 Å². The molecule has 2 aliphatic rings. The molecule has 35 N–H and O–H groups in total. The van der Waals surface area contributed by atoms with E-state index in [9.17, 15) is 115 Å². The van der Waals surface area contributed by atoms with Crippen molar-refractivity contribution < 1.29 is 314 Å². The number of phosphoric acid groups is 9. The summed E-state index contributed by atoms with van der Waals surface area (Å²) >= 11 is 0. The van der Waals surface area contributed by atoms with Crippen LogP contribution in [-0.2, 0) is 139 Å². The lowest BCUT2D eigenvalue weighted by Crippen LogP contribution is -2.62. The van der Waals surface area contributed by atoms with E-state index in [0.717, 1.165) is 0 Å². The molecule has 0 aromatic heterocycles. The predicted octanol–water partition coefficient (Wildman–Crippen LogP) is -8.15. The zero-order valence-electron chi connectivity index (χ0n) is 54.5. The zero-order valence-corrected chi connectivity index (χ0v) is 62.6. The minimum absolute atomic E-state index is 0.669. The normalized spacial score (nSPS) is 18.8. The van der Waals surface area contributed by atoms with Crippen molar-refractivity contribution in [3.63, 3.8) is 0 Å². The summed E-state index contributed by atoms with van der Waals surface area (Å²) in [6.45, 7) is 22.2. The molecule has 74 heteroatoms. The molecule has 0 spiro atoms. The number of hydrogen-bond donors (Lipinski definition) is 35. The first-order valence-electron chi connectivity index (χ1n) is 25.1. The largest absolute Gasteiger partial charge is 0.525 e. The van der Waals surface area contributed by atoms with E-state index in [2.05, 4.69) is 99.9 Å². The fourth-order valence-corrected chi connectivity index (χ4v) is 7.56. The number of aliphatic hydroxyl groups excluding tert-OH is 8. The van der Waals surface area contributed by atoms with Crippen molar-refractivity contribution in [3.8, 4) is 0 Å². The van der Waals surface area contributed by atoms with Crippen molar-refractivity contribution in [2.75, 3.05) is 19.8 Å². The lowest BCUT2D eigenvalue weighted by Gasteiger charge is -2.43. The van der Waals surface area contributed by atoms with Crippen LogP contribution in [0.2, 0.25) is 0 Å². The van der Waals surface area contributed by atoms with Crippen LogP contribution in [0.15, 0.2) is 111 Å². The zero-order chi connectivity index (χ0) is 92.6. The third-order valence-electron chi connectivity index (χ3n) is 8.28. The van der Waals surface area contributed by atoms with Gasteiger partial charge in [-0.05, 0) is 59.2 Å². The molecule has 2 saturated heterocycles. The number of phosphoric ester groups is 9. The van der Waals surface area contributed by atoms with E-state index in [1.807, 2.05) is 0 Å². The molecular weight excluding hydrogens is 1790 g/mol. The van der Waals surface area contributed by atoms with Gasteiger partial charge in [0.15, 0.2) is 6.29 Å². The molecule has 2 rings (SSSR count). The molecule has 658 valence electrons. The van der Waals surface area contributed by atoms with E-state index in [0.29, 0.717) is 0 Å². The van der Waals surface area contributed by atoms with E-state index in [1.54, 1.807) is 0 Å². The van der Waals surface area contributed by atoms with Crippen LogP contribution in [0.5, 0.6) is 0 Å². The Hall–Kier alpha value is -8.00. The van der Waals surface area contributed by atoms with Crippen molar-refractivity contribution in [1.29, 1.82) is 0 Å². The van der Waals surface area contributed by atoms with E-state index >= 15 is 0 Å². The van der Waals surface area contributed by atoms with Gasteiger partial charge in [0.1, 0.15) is 49.3 Å². The minimum Gasteiger partial charge on any atom is -0.475 e. The first kappa shape index (κ1) is 121. The molecule has 0 aromatic rings. The van der Waals surface area contributed by atoms with Gasteiger partial charge in [-0.1, -0.05) is 0 Å². The molecule has 9 atom stereocenters. The van der Waals surface area contributed by atoms with Gasteiger partial charge in [-0.2, -0.15) is 0 Å². The third-order valence-corrected chi connectivity index (χ3v) is 12.4. The number of hydrogen-bond acceptors (Lipinski definition) is 38. The molecule has 0 saturated carbocycles. The van der Waals surface area contributed by atoms with Crippen LogP contribution in [0, 0.1) is 0 Å². The molecule has 2 fully saturated rings. The van der Waals surface area contributed by atoms with Gasteiger partial charge in [0, 0.05) is 0 Å². The highest BCUT2D eigenvalue weighted by atomic mass is 31.2. The van der Waals surface area contributed by atoms with Gasteiger partial charge in [-0.15, -0.1) is 0 Å². The minimum atomic E-state index is -4.76. The molecule has 0 aromatic carbocycles. The summed E-state index contributed by atoms with van der Waals surface area (Å²) in [5.41, 5.74) is 0. The van der Waals surface area contributed by atoms with E-state index in [4.69, 9.17) is 158 Å². The number of aliphatic hydroxyl groups is 8. The van der Waals surface area contributed by atoms with E-state index in [1.165, 1.54) is 0 Å². The molecule has 0 amide bonds. The molecular formula is C39H67O65P9. The van der Waals surface area contributed by atoms with Gasteiger partial charge in [-0.3, -0.25) is 88.1 Å². The molecule has 2 heterocycles. The third kappa shape index (κ3) is 70.4. The molecule has 0 aliphatic carbocycles. The molecule has 0 radical (unpaired) electrons. The van der Waals surface area contributed by atoms with Crippen LogP contribution in [0.4, 0.5) is 0 Å². The summed E-state index contributed by atoms with van der Waals surface area (Å²) in [5.74, 6) is -25.5. The lowest BCUT2D eigenvalue weighted by atomic mass is 9.99. The Morgan fingerprint density at radius 3 is 0.540 bits per heavy atom. The first-order valence-corrected chi connectivity index (χ1v) is 38.8. The van der Waals surface area contributed by atoms with Gasteiger partial charge in [0.05, 0.1) is 13.2 Å². The Morgan fingerprint density at radius 1 is 0.274 bits per heavy atom. The predicted molar refractivity (Wildman–Crippen MR) is 338 cm³/mol. The fraction of sp³-hybridized carbons (Fsp3) is 0.308. The van der Waals surface area contributed by atoms with Crippen molar-refractivity contribution in [2.24, 2.45) is 0 Å². The van der Waals surface area contributed by atoms with Crippen molar-refractivity contribution in [2.45, 2.75) is 54.8 Å². The fourth-order valence-electron chi connectivity index (χ4n) is 4.27. The van der Waals surface area contributed by atoms with Gasteiger partial charge in [-0.25, -0.2) is 84.2 Å². The highest BCUT2D eigenvalue weighted by Gasteiger charge is 2.58. The SMILES string of the molecule is C=C(OP(=O)(O)O)C(=O)O.C=C(OP(=O)(O)O)C(=O)O.C=C(OP(=O)(O)O)C(=O)O.C=C(OP(=O)(O)O)C(=O)O.C=C(OP(=O)(O)O)C(=O)O.C=C(OP(=O)(O)O)C(=O)O.C=C(OP(=O)(O)O)C(=O)O.C=C(OP(=O)(O)O)C(=O)O.C=C(OP(=O)(O)O)C(=O)O.OC[C@H]1O[C@@](CO)(O[C@H]2O[C@H](CO)[C@@H](O)[C@H](O)[C@H]2O)[C@@H](O)[C@@H]1O. The van der Waals surface area contributed by atoms with Crippen molar-refractivity contribution in [1.82, 2.24) is 0 Å². The van der Waals surface area contributed by atoms with Gasteiger partial charge < -0.3 is 142 Å². The van der Waals surface area contributed by atoms with Gasteiger partial charge in [0.2, 0.25) is 57.6 Å². The molecule has 2 aliphatic heterocycles. The Bertz CT molecular complexity index is 3160. The van der Waals surface area contributed by atoms with Crippen LogP contribution in [0.3, 0.4) is 0 Å². The number of rotatable bonds is 32. The second-order valence-electron chi connectivity index (χ2n) is 17.4. The van der Waals surface area contributed by atoms with Crippen LogP contribution in [0.25, 0.3) is 0 Å². The number of carbonyl (C=O) groups is 9.